The van der Waals surface area contributed by atoms with Crippen molar-refractivity contribution in [3.63, 3.8) is 0 Å². The quantitative estimate of drug-likeness (QED) is 0.907. The van der Waals surface area contributed by atoms with Crippen molar-refractivity contribution in [2.24, 2.45) is 0 Å². The Hall–Kier alpha value is -0.670. The number of hydrogen-bond acceptors (Lipinski definition) is 3. The molecule has 0 amide bonds. The molecule has 1 fully saturated rings. The molecule has 2 aliphatic rings. The highest BCUT2D eigenvalue weighted by atomic mass is 32.2. The van der Waals surface area contributed by atoms with Crippen molar-refractivity contribution in [2.45, 2.75) is 49.8 Å². The van der Waals surface area contributed by atoms with Crippen LogP contribution in [0.25, 0.3) is 0 Å². The van der Waals surface area contributed by atoms with Gasteiger partial charge >= 0.3 is 0 Å². The van der Waals surface area contributed by atoms with Crippen molar-refractivity contribution in [2.75, 3.05) is 19.4 Å². The second kappa shape index (κ2) is 5.98. The number of ether oxygens (including phenoxy) is 1. The maximum atomic E-state index is 5.35. The number of hydrogen-bond donors (Lipinski definition) is 1. The van der Waals surface area contributed by atoms with Crippen molar-refractivity contribution in [3.8, 4) is 5.75 Å². The van der Waals surface area contributed by atoms with Gasteiger partial charge in [-0.25, -0.2) is 0 Å². The number of aryl methyl sites for hydroxylation is 1. The van der Waals surface area contributed by atoms with E-state index in [-0.39, 0.29) is 0 Å². The number of methoxy groups -OCH3 is 1. The third-order valence-corrected chi connectivity index (χ3v) is 6.23. The minimum absolute atomic E-state index is 0.448. The van der Waals surface area contributed by atoms with Crippen LogP contribution in [0.1, 0.15) is 49.8 Å². The van der Waals surface area contributed by atoms with Gasteiger partial charge in [-0.2, -0.15) is 11.8 Å². The molecule has 0 spiro atoms. The van der Waals surface area contributed by atoms with Gasteiger partial charge in [-0.15, -0.1) is 0 Å². The van der Waals surface area contributed by atoms with E-state index in [0.29, 0.717) is 10.8 Å². The largest absolute Gasteiger partial charge is 0.497 e. The van der Waals surface area contributed by atoms with E-state index in [1.807, 2.05) is 0 Å². The van der Waals surface area contributed by atoms with Crippen molar-refractivity contribution in [3.05, 3.63) is 29.3 Å². The number of rotatable bonds is 4. The lowest BCUT2D eigenvalue weighted by atomic mass is 9.87. The molecule has 3 rings (SSSR count). The molecule has 0 saturated carbocycles. The molecule has 1 heterocycles. The maximum absolute atomic E-state index is 5.35. The molecule has 20 heavy (non-hydrogen) atoms. The maximum Gasteiger partial charge on any atom is 0.119 e. The monoisotopic (exact) mass is 291 g/mol. The Labute approximate surface area is 126 Å². The van der Waals surface area contributed by atoms with E-state index in [2.05, 4.69) is 42.2 Å². The summed E-state index contributed by atoms with van der Waals surface area (Å²) in [7, 11) is 1.75. The summed E-state index contributed by atoms with van der Waals surface area (Å²) in [4.78, 5) is 0. The molecule has 0 radical (unpaired) electrons. The zero-order chi connectivity index (χ0) is 14.0. The van der Waals surface area contributed by atoms with Crippen LogP contribution in [0.15, 0.2) is 18.2 Å². The third kappa shape index (κ3) is 2.99. The Morgan fingerprint density at radius 3 is 3.05 bits per heavy atom. The number of fused-ring (bicyclic) bond motifs is 1. The Morgan fingerprint density at radius 1 is 1.40 bits per heavy atom. The standard InChI is InChI=1S/C17H25NOS/c1-17(9-4-10-20-17)12-18-16-6-3-5-13-11-14(19-2)7-8-15(13)16/h7-8,11,16,18H,3-6,9-10,12H2,1-2H3. The van der Waals surface area contributed by atoms with Crippen molar-refractivity contribution >= 4 is 11.8 Å². The Morgan fingerprint density at radius 2 is 2.30 bits per heavy atom. The second-order valence-corrected chi connectivity index (χ2v) is 7.97. The lowest BCUT2D eigenvalue weighted by molar-refractivity contribution is 0.407. The molecule has 0 aromatic heterocycles. The summed E-state index contributed by atoms with van der Waals surface area (Å²) in [5.74, 6) is 2.32. The molecule has 2 atom stereocenters. The third-order valence-electron chi connectivity index (χ3n) is 4.69. The first-order chi connectivity index (χ1) is 9.70. The summed E-state index contributed by atoms with van der Waals surface area (Å²) in [5.41, 5.74) is 2.96. The molecule has 2 nitrogen and oxygen atoms in total. The second-order valence-electron chi connectivity index (χ2n) is 6.29. The van der Waals surface area contributed by atoms with Crippen molar-refractivity contribution in [1.82, 2.24) is 5.32 Å². The van der Waals surface area contributed by atoms with Crippen LogP contribution in [0.4, 0.5) is 0 Å². The molecule has 1 aliphatic heterocycles. The Bertz CT molecular complexity index is 468. The van der Waals surface area contributed by atoms with Gasteiger partial charge in [-0.3, -0.25) is 0 Å². The first-order valence-electron chi connectivity index (χ1n) is 7.74. The van der Waals surface area contributed by atoms with E-state index < -0.39 is 0 Å². The zero-order valence-corrected chi connectivity index (χ0v) is 13.4. The lowest BCUT2D eigenvalue weighted by Crippen LogP contribution is -2.36. The fourth-order valence-corrected chi connectivity index (χ4v) is 4.70. The van der Waals surface area contributed by atoms with Gasteiger partial charge in [0.25, 0.3) is 0 Å². The smallest absolute Gasteiger partial charge is 0.119 e. The van der Waals surface area contributed by atoms with E-state index in [9.17, 15) is 0 Å². The molecular formula is C17H25NOS. The average molecular weight is 291 g/mol. The summed E-state index contributed by atoms with van der Waals surface area (Å²) in [6.45, 7) is 3.54. The Kier molecular flexibility index (Phi) is 4.27. The summed E-state index contributed by atoms with van der Waals surface area (Å²) < 4.78 is 5.80. The SMILES string of the molecule is COc1ccc2c(c1)CCCC2NCC1(C)CCCS1. The highest BCUT2D eigenvalue weighted by molar-refractivity contribution is 8.00. The minimum Gasteiger partial charge on any atom is -0.497 e. The first kappa shape index (κ1) is 14.3. The van der Waals surface area contributed by atoms with E-state index in [1.165, 1.54) is 49.0 Å². The molecular weight excluding hydrogens is 266 g/mol. The predicted octanol–water partition coefficient (Wildman–Crippen LogP) is 3.95. The molecule has 1 aliphatic carbocycles. The van der Waals surface area contributed by atoms with E-state index in [1.54, 1.807) is 7.11 Å². The van der Waals surface area contributed by atoms with Crippen LogP contribution in [-0.2, 0) is 6.42 Å². The number of nitrogens with one attached hydrogen (secondary N) is 1. The fraction of sp³-hybridized carbons (Fsp3) is 0.647. The number of benzene rings is 1. The van der Waals surface area contributed by atoms with Crippen LogP contribution >= 0.6 is 11.8 Å². The normalized spacial score (nSPS) is 29.2. The van der Waals surface area contributed by atoms with Gasteiger partial charge in [-0.05, 0) is 68.0 Å². The minimum atomic E-state index is 0.448. The molecule has 3 heteroatoms. The van der Waals surface area contributed by atoms with Gasteiger partial charge in [0.2, 0.25) is 0 Å². The molecule has 1 saturated heterocycles. The van der Waals surface area contributed by atoms with E-state index >= 15 is 0 Å². The lowest BCUT2D eigenvalue weighted by Gasteiger charge is -2.31. The van der Waals surface area contributed by atoms with Gasteiger partial charge in [0.1, 0.15) is 5.75 Å². The highest BCUT2D eigenvalue weighted by Crippen LogP contribution is 2.38. The zero-order valence-electron chi connectivity index (χ0n) is 12.6. The molecule has 110 valence electrons. The van der Waals surface area contributed by atoms with Gasteiger partial charge in [0, 0.05) is 17.3 Å². The molecule has 1 aromatic rings. The van der Waals surface area contributed by atoms with Crippen LogP contribution in [0.3, 0.4) is 0 Å². The summed E-state index contributed by atoms with van der Waals surface area (Å²) >= 11 is 2.14. The number of thioether (sulfide) groups is 1. The fourth-order valence-electron chi connectivity index (χ4n) is 3.45. The summed E-state index contributed by atoms with van der Waals surface area (Å²) in [6, 6.07) is 7.11. The van der Waals surface area contributed by atoms with E-state index in [0.717, 1.165) is 12.3 Å². The van der Waals surface area contributed by atoms with Gasteiger partial charge in [0.05, 0.1) is 7.11 Å². The summed E-state index contributed by atoms with van der Waals surface area (Å²) in [5, 5.41) is 3.84. The van der Waals surface area contributed by atoms with Crippen LogP contribution in [0.2, 0.25) is 0 Å². The van der Waals surface area contributed by atoms with Crippen LogP contribution in [0, 0.1) is 0 Å². The van der Waals surface area contributed by atoms with Crippen molar-refractivity contribution < 1.29 is 4.74 Å². The van der Waals surface area contributed by atoms with Gasteiger partial charge in [-0.1, -0.05) is 6.07 Å². The highest BCUT2D eigenvalue weighted by Gasteiger charge is 2.30. The van der Waals surface area contributed by atoms with Crippen LogP contribution in [0.5, 0.6) is 5.75 Å². The van der Waals surface area contributed by atoms with Crippen LogP contribution in [-0.4, -0.2) is 24.2 Å². The van der Waals surface area contributed by atoms with Gasteiger partial charge in [0.15, 0.2) is 0 Å². The first-order valence-corrected chi connectivity index (χ1v) is 8.73. The van der Waals surface area contributed by atoms with Gasteiger partial charge < -0.3 is 10.1 Å². The average Bonchev–Trinajstić information content (AvgIpc) is 2.91. The summed E-state index contributed by atoms with van der Waals surface area (Å²) in [6.07, 6.45) is 6.46. The Balaban J connectivity index is 1.70. The topological polar surface area (TPSA) is 21.3 Å². The van der Waals surface area contributed by atoms with E-state index in [4.69, 9.17) is 4.74 Å². The molecule has 1 N–H and O–H groups in total. The van der Waals surface area contributed by atoms with Crippen LogP contribution < -0.4 is 10.1 Å². The van der Waals surface area contributed by atoms with Crippen molar-refractivity contribution in [1.29, 1.82) is 0 Å². The molecule has 1 aromatic carbocycles. The molecule has 2 unspecified atom stereocenters. The molecule has 0 bridgehead atoms. The predicted molar refractivity (Wildman–Crippen MR) is 86.8 cm³/mol.